The minimum Gasteiger partial charge on any atom is -0.267 e. The van der Waals surface area contributed by atoms with Gasteiger partial charge in [0.15, 0.2) is 0 Å². The van der Waals surface area contributed by atoms with Gasteiger partial charge in [-0.25, -0.2) is 0 Å². The summed E-state index contributed by atoms with van der Waals surface area (Å²) in [6, 6.07) is 0. The lowest BCUT2D eigenvalue weighted by Gasteiger charge is -2.13. The van der Waals surface area contributed by atoms with Crippen LogP contribution in [-0.4, -0.2) is 15.0 Å². The molecule has 4 heteroatoms. The molecule has 0 aromatic heterocycles. The van der Waals surface area contributed by atoms with Crippen LogP contribution in [0.2, 0.25) is 0 Å². The molecule has 0 radical (unpaired) electrons. The Kier molecular flexibility index (Phi) is 6.83. The predicted molar refractivity (Wildman–Crippen MR) is 58.4 cm³/mol. The molecular weight excluding hydrogens is 200 g/mol. The average Bonchev–Trinajstić information content (AvgIpc) is 2.18. The van der Waals surface area contributed by atoms with Crippen molar-refractivity contribution in [3.63, 3.8) is 0 Å². The number of hydrogen-bond donors (Lipinski definition) is 0. The molecule has 1 unspecified atom stereocenters. The highest BCUT2D eigenvalue weighted by Gasteiger charge is 2.11. The quantitative estimate of drug-likeness (QED) is 0.591. The Morgan fingerprint density at radius 1 is 1.43 bits per heavy atom. The highest BCUT2D eigenvalue weighted by molar-refractivity contribution is 7.89. The molecule has 1 atom stereocenters. The molecule has 0 heterocycles. The molecule has 0 bridgehead atoms. The van der Waals surface area contributed by atoms with Crippen LogP contribution in [0.1, 0.15) is 39.5 Å². The molecule has 0 saturated heterocycles. The first-order valence-corrected chi connectivity index (χ1v) is 6.54. The fraction of sp³-hybridized carbons (Fsp3) is 0.800. The number of hydrogen-bond acceptors (Lipinski definition) is 3. The number of rotatable bonds is 8. The molecule has 0 spiro atoms. The molecule has 0 fully saturated rings. The van der Waals surface area contributed by atoms with E-state index >= 15 is 0 Å². The van der Waals surface area contributed by atoms with Crippen molar-refractivity contribution < 1.29 is 12.6 Å². The van der Waals surface area contributed by atoms with E-state index < -0.39 is 10.1 Å². The van der Waals surface area contributed by atoms with Gasteiger partial charge in [0, 0.05) is 0 Å². The van der Waals surface area contributed by atoms with Crippen LogP contribution in [0.15, 0.2) is 12.0 Å². The smallest absolute Gasteiger partial charge is 0.267 e. The lowest BCUT2D eigenvalue weighted by Crippen LogP contribution is -2.12. The van der Waals surface area contributed by atoms with Crippen LogP contribution in [0.25, 0.3) is 0 Å². The molecule has 0 aliphatic heterocycles. The van der Waals surface area contributed by atoms with Gasteiger partial charge in [0.2, 0.25) is 0 Å². The summed E-state index contributed by atoms with van der Waals surface area (Å²) in [6.07, 6.45) is 4.23. The first-order chi connectivity index (χ1) is 6.55. The second kappa shape index (κ2) is 7.01. The third-order valence-electron chi connectivity index (χ3n) is 2.22. The maximum Gasteiger partial charge on any atom is 0.289 e. The van der Waals surface area contributed by atoms with Gasteiger partial charge in [-0.1, -0.05) is 39.7 Å². The standard InChI is InChI=1S/C10H20O3S/c1-4-7-8-10(5-2)9-13-14(11,12)6-3/h6,10H,3-5,7-9H2,1-2H3. The normalized spacial score (nSPS) is 13.9. The zero-order valence-corrected chi connectivity index (χ0v) is 9.85. The third kappa shape index (κ3) is 6.16. The Bertz CT molecular complexity index is 244. The van der Waals surface area contributed by atoms with Gasteiger partial charge >= 0.3 is 0 Å². The van der Waals surface area contributed by atoms with Gasteiger partial charge in [0.1, 0.15) is 0 Å². The number of unbranched alkanes of at least 4 members (excludes halogenated alkanes) is 1. The minimum atomic E-state index is -3.49. The maximum absolute atomic E-state index is 11.0. The Balaban J connectivity index is 3.89. The lowest BCUT2D eigenvalue weighted by molar-refractivity contribution is 0.242. The molecule has 84 valence electrons. The van der Waals surface area contributed by atoms with Crippen molar-refractivity contribution in [3.05, 3.63) is 12.0 Å². The lowest BCUT2D eigenvalue weighted by atomic mass is 10.0. The van der Waals surface area contributed by atoms with Gasteiger partial charge in [-0.3, -0.25) is 4.18 Å². The monoisotopic (exact) mass is 220 g/mol. The Labute approximate surface area is 87.3 Å². The zero-order valence-electron chi connectivity index (χ0n) is 9.03. The molecule has 0 amide bonds. The minimum absolute atomic E-state index is 0.283. The predicted octanol–water partition coefficient (Wildman–Crippen LogP) is 2.69. The molecule has 0 rings (SSSR count). The summed E-state index contributed by atoms with van der Waals surface area (Å²) in [5.74, 6) is 0.338. The van der Waals surface area contributed by atoms with Gasteiger partial charge in [-0.2, -0.15) is 8.42 Å². The van der Waals surface area contributed by atoms with Crippen molar-refractivity contribution in [2.75, 3.05) is 6.61 Å². The first-order valence-electron chi connectivity index (χ1n) is 5.07. The van der Waals surface area contributed by atoms with Crippen LogP contribution in [0.5, 0.6) is 0 Å². The second-order valence-electron chi connectivity index (χ2n) is 3.36. The van der Waals surface area contributed by atoms with E-state index in [1.807, 2.05) is 6.92 Å². The van der Waals surface area contributed by atoms with Crippen molar-refractivity contribution in [3.8, 4) is 0 Å². The van der Waals surface area contributed by atoms with Crippen molar-refractivity contribution in [2.24, 2.45) is 5.92 Å². The van der Waals surface area contributed by atoms with E-state index in [0.29, 0.717) is 5.92 Å². The van der Waals surface area contributed by atoms with Crippen molar-refractivity contribution in [2.45, 2.75) is 39.5 Å². The molecule has 0 saturated carbocycles. The molecule has 14 heavy (non-hydrogen) atoms. The van der Waals surface area contributed by atoms with E-state index in [1.165, 1.54) is 0 Å². The summed E-state index contributed by atoms with van der Waals surface area (Å²) in [4.78, 5) is 0. The summed E-state index contributed by atoms with van der Waals surface area (Å²) in [7, 11) is -3.49. The van der Waals surface area contributed by atoms with Gasteiger partial charge in [0.05, 0.1) is 12.0 Å². The van der Waals surface area contributed by atoms with Crippen LogP contribution >= 0.6 is 0 Å². The summed E-state index contributed by atoms with van der Waals surface area (Å²) >= 11 is 0. The van der Waals surface area contributed by atoms with E-state index in [1.54, 1.807) is 0 Å². The molecular formula is C10H20O3S. The fourth-order valence-corrected chi connectivity index (χ4v) is 1.62. The summed E-state index contributed by atoms with van der Waals surface area (Å²) in [5.41, 5.74) is 0. The molecule has 0 aliphatic carbocycles. The van der Waals surface area contributed by atoms with Crippen LogP contribution < -0.4 is 0 Å². The second-order valence-corrected chi connectivity index (χ2v) is 4.92. The van der Waals surface area contributed by atoms with Gasteiger partial charge in [-0.05, 0) is 12.3 Å². The third-order valence-corrected chi connectivity index (χ3v) is 3.09. The van der Waals surface area contributed by atoms with Gasteiger partial charge in [0.25, 0.3) is 10.1 Å². The summed E-state index contributed by atoms with van der Waals surface area (Å²) in [6.45, 7) is 7.63. The van der Waals surface area contributed by atoms with Crippen LogP contribution in [0, 0.1) is 5.92 Å². The first kappa shape index (κ1) is 13.7. The van der Waals surface area contributed by atoms with Crippen molar-refractivity contribution in [1.82, 2.24) is 0 Å². The molecule has 0 aromatic rings. The Morgan fingerprint density at radius 2 is 2.07 bits per heavy atom. The Morgan fingerprint density at radius 3 is 2.50 bits per heavy atom. The highest BCUT2D eigenvalue weighted by Crippen LogP contribution is 2.14. The largest absolute Gasteiger partial charge is 0.289 e. The average molecular weight is 220 g/mol. The van der Waals surface area contributed by atoms with E-state index in [9.17, 15) is 8.42 Å². The van der Waals surface area contributed by atoms with Gasteiger partial charge < -0.3 is 0 Å². The van der Waals surface area contributed by atoms with E-state index in [0.717, 1.165) is 31.1 Å². The highest BCUT2D eigenvalue weighted by atomic mass is 32.2. The molecule has 0 N–H and O–H groups in total. The molecule has 0 aliphatic rings. The van der Waals surface area contributed by atoms with Crippen LogP contribution in [0.3, 0.4) is 0 Å². The van der Waals surface area contributed by atoms with Gasteiger partial charge in [-0.15, -0.1) is 0 Å². The molecule has 0 aromatic carbocycles. The van der Waals surface area contributed by atoms with E-state index in [-0.39, 0.29) is 6.61 Å². The molecule has 3 nitrogen and oxygen atoms in total. The Hall–Kier alpha value is -0.350. The summed E-state index contributed by atoms with van der Waals surface area (Å²) < 4.78 is 26.7. The fourth-order valence-electron chi connectivity index (χ4n) is 1.14. The zero-order chi connectivity index (χ0) is 11.0. The van der Waals surface area contributed by atoms with Crippen molar-refractivity contribution in [1.29, 1.82) is 0 Å². The van der Waals surface area contributed by atoms with Crippen molar-refractivity contribution >= 4 is 10.1 Å². The summed E-state index contributed by atoms with van der Waals surface area (Å²) in [5, 5.41) is 0.847. The van der Waals surface area contributed by atoms with Crippen LogP contribution in [0.4, 0.5) is 0 Å². The topological polar surface area (TPSA) is 43.4 Å². The SMILES string of the molecule is C=CS(=O)(=O)OCC(CC)CCCC. The maximum atomic E-state index is 11.0. The van der Waals surface area contributed by atoms with Crippen LogP contribution in [-0.2, 0) is 14.3 Å². The van der Waals surface area contributed by atoms with E-state index in [2.05, 4.69) is 13.5 Å². The van der Waals surface area contributed by atoms with E-state index in [4.69, 9.17) is 4.18 Å².